The molecule has 0 saturated carbocycles. The van der Waals surface area contributed by atoms with Crippen molar-refractivity contribution >= 4 is 27.8 Å². The minimum atomic E-state index is -5.78. The predicted octanol–water partition coefficient (Wildman–Crippen LogP) is 5.47. The number of hydrogen-bond acceptors (Lipinski definition) is 6. The van der Waals surface area contributed by atoms with E-state index in [4.69, 9.17) is 16.3 Å². The standard InChI is InChI=1S/C23H27ClF3NO6S/c1-22(2,3)33-21(30)28(15-20(29)17-9-5-10-18(24)14-17)12-6-8-16-7-4-11-19(13-16)34-35(31,32)23(25,26)27/h4-5,7,9-11,13-14,20,29H,6,8,12,15H2,1-3H3/t20-/m0/s1. The molecule has 0 spiro atoms. The summed E-state index contributed by atoms with van der Waals surface area (Å²) in [6, 6.07) is 11.8. The highest BCUT2D eigenvalue weighted by Crippen LogP contribution is 2.27. The van der Waals surface area contributed by atoms with Gasteiger partial charge in [0, 0.05) is 11.6 Å². The fourth-order valence-corrected chi connectivity index (χ4v) is 3.66. The molecule has 1 atom stereocenters. The van der Waals surface area contributed by atoms with Gasteiger partial charge in [-0.1, -0.05) is 35.9 Å². The van der Waals surface area contributed by atoms with Gasteiger partial charge >= 0.3 is 21.7 Å². The molecule has 2 rings (SSSR count). The second-order valence-corrected chi connectivity index (χ2v) is 10.7. The van der Waals surface area contributed by atoms with E-state index in [0.29, 0.717) is 22.6 Å². The van der Waals surface area contributed by atoms with Crippen LogP contribution in [0, 0.1) is 0 Å². The molecule has 7 nitrogen and oxygen atoms in total. The molecule has 0 aliphatic heterocycles. The molecule has 0 aliphatic carbocycles. The maximum atomic E-state index is 12.7. The molecule has 0 radical (unpaired) electrons. The number of aryl methyl sites for hydroxylation is 1. The SMILES string of the molecule is CC(C)(C)OC(=O)N(CCCc1cccc(OS(=O)(=O)C(F)(F)F)c1)C[C@H](O)c1cccc(Cl)c1. The molecule has 0 saturated heterocycles. The Bertz CT molecular complexity index is 1120. The number of benzene rings is 2. The van der Waals surface area contributed by atoms with Crippen molar-refractivity contribution in [2.75, 3.05) is 13.1 Å². The Morgan fingerprint density at radius 1 is 1.11 bits per heavy atom. The van der Waals surface area contributed by atoms with Crippen LogP contribution in [0.1, 0.15) is 44.4 Å². The Kier molecular flexibility index (Phi) is 9.43. The molecule has 0 heterocycles. The van der Waals surface area contributed by atoms with Gasteiger partial charge < -0.3 is 18.9 Å². The normalized spacial score (nSPS) is 13.3. The van der Waals surface area contributed by atoms with E-state index in [0.717, 1.165) is 6.07 Å². The Morgan fingerprint density at radius 2 is 1.77 bits per heavy atom. The summed E-state index contributed by atoms with van der Waals surface area (Å²) in [5.41, 5.74) is -5.30. The monoisotopic (exact) mass is 537 g/mol. The Labute approximate surface area is 207 Å². The average molecular weight is 538 g/mol. The molecule has 0 bridgehead atoms. The Morgan fingerprint density at radius 3 is 2.37 bits per heavy atom. The van der Waals surface area contributed by atoms with Crippen molar-refractivity contribution < 1.29 is 40.4 Å². The molecular formula is C23H27ClF3NO6S. The predicted molar refractivity (Wildman–Crippen MR) is 125 cm³/mol. The summed E-state index contributed by atoms with van der Waals surface area (Å²) in [5.74, 6) is -0.472. The quantitative estimate of drug-likeness (QED) is 0.337. The molecule has 35 heavy (non-hydrogen) atoms. The van der Waals surface area contributed by atoms with Crippen LogP contribution in [0.5, 0.6) is 5.75 Å². The van der Waals surface area contributed by atoms with Crippen LogP contribution in [0.2, 0.25) is 5.02 Å². The number of nitrogens with zero attached hydrogens (tertiary/aromatic N) is 1. The molecule has 194 valence electrons. The van der Waals surface area contributed by atoms with Crippen LogP contribution in [-0.4, -0.2) is 48.7 Å². The van der Waals surface area contributed by atoms with Gasteiger partial charge in [0.05, 0.1) is 12.6 Å². The van der Waals surface area contributed by atoms with Crippen molar-refractivity contribution in [2.45, 2.75) is 50.8 Å². The summed E-state index contributed by atoms with van der Waals surface area (Å²) in [4.78, 5) is 14.0. The lowest BCUT2D eigenvalue weighted by Crippen LogP contribution is -2.40. The lowest BCUT2D eigenvalue weighted by atomic mass is 10.1. The van der Waals surface area contributed by atoms with Crippen LogP contribution in [0.15, 0.2) is 48.5 Å². The number of aliphatic hydroxyl groups is 1. The molecular weight excluding hydrogens is 511 g/mol. The minimum Gasteiger partial charge on any atom is -0.444 e. The molecule has 0 aliphatic rings. The largest absolute Gasteiger partial charge is 0.534 e. The molecule has 2 aromatic carbocycles. The first-order valence-electron chi connectivity index (χ1n) is 10.6. The number of alkyl halides is 3. The van der Waals surface area contributed by atoms with Crippen molar-refractivity contribution in [1.82, 2.24) is 4.90 Å². The fraction of sp³-hybridized carbons (Fsp3) is 0.435. The lowest BCUT2D eigenvalue weighted by Gasteiger charge is -2.29. The zero-order valence-corrected chi connectivity index (χ0v) is 21.0. The van der Waals surface area contributed by atoms with Crippen molar-refractivity contribution in [3.8, 4) is 5.75 Å². The summed E-state index contributed by atoms with van der Waals surface area (Å²) in [7, 11) is -5.78. The maximum absolute atomic E-state index is 12.7. The van der Waals surface area contributed by atoms with Crippen molar-refractivity contribution in [3.05, 3.63) is 64.7 Å². The van der Waals surface area contributed by atoms with Crippen LogP contribution in [0.4, 0.5) is 18.0 Å². The highest BCUT2D eigenvalue weighted by molar-refractivity contribution is 7.88. The van der Waals surface area contributed by atoms with E-state index < -0.39 is 39.2 Å². The number of carbonyl (C=O) groups is 1. The maximum Gasteiger partial charge on any atom is 0.534 e. The number of aliphatic hydroxyl groups excluding tert-OH is 1. The summed E-state index contributed by atoms with van der Waals surface area (Å²) in [5, 5.41) is 11.0. The minimum absolute atomic E-state index is 0.0811. The van der Waals surface area contributed by atoms with Crippen LogP contribution in [0.3, 0.4) is 0 Å². The highest BCUT2D eigenvalue weighted by atomic mass is 35.5. The summed E-state index contributed by atoms with van der Waals surface area (Å²) in [6.07, 6.45) is -1.05. The van der Waals surface area contributed by atoms with Crippen molar-refractivity contribution in [1.29, 1.82) is 0 Å². The van der Waals surface area contributed by atoms with Gasteiger partial charge in [-0.2, -0.15) is 21.6 Å². The van der Waals surface area contributed by atoms with Gasteiger partial charge in [0.15, 0.2) is 0 Å². The third-order valence-corrected chi connectivity index (χ3v) is 5.77. The second-order valence-electron chi connectivity index (χ2n) is 8.73. The van der Waals surface area contributed by atoms with E-state index in [1.807, 2.05) is 0 Å². The molecule has 0 fully saturated rings. The Hall–Kier alpha value is -2.50. The lowest BCUT2D eigenvalue weighted by molar-refractivity contribution is -0.0500. The zero-order valence-electron chi connectivity index (χ0n) is 19.4. The van der Waals surface area contributed by atoms with Crippen LogP contribution in [-0.2, 0) is 21.3 Å². The van der Waals surface area contributed by atoms with Gasteiger partial charge in [-0.15, -0.1) is 0 Å². The van der Waals surface area contributed by atoms with E-state index >= 15 is 0 Å². The molecule has 0 unspecified atom stereocenters. The van der Waals surface area contributed by atoms with Gasteiger partial charge in [0.2, 0.25) is 0 Å². The van der Waals surface area contributed by atoms with Crippen LogP contribution < -0.4 is 4.18 Å². The fourth-order valence-electron chi connectivity index (χ4n) is 3.01. The average Bonchev–Trinajstić information content (AvgIpc) is 2.70. The summed E-state index contributed by atoms with van der Waals surface area (Å²) in [6.45, 7) is 5.19. The zero-order chi connectivity index (χ0) is 26.4. The molecule has 12 heteroatoms. The first kappa shape index (κ1) is 28.7. The van der Waals surface area contributed by atoms with E-state index in [1.165, 1.54) is 17.0 Å². The number of carbonyl (C=O) groups excluding carboxylic acids is 1. The number of ether oxygens (including phenoxy) is 1. The topological polar surface area (TPSA) is 93.1 Å². The van der Waals surface area contributed by atoms with Gasteiger partial charge in [0.25, 0.3) is 0 Å². The van der Waals surface area contributed by atoms with E-state index in [2.05, 4.69) is 4.18 Å². The molecule has 1 amide bonds. The summed E-state index contributed by atoms with van der Waals surface area (Å²) < 4.78 is 69.7. The van der Waals surface area contributed by atoms with E-state index in [1.54, 1.807) is 51.1 Å². The van der Waals surface area contributed by atoms with Gasteiger partial charge in [0.1, 0.15) is 11.4 Å². The van der Waals surface area contributed by atoms with Crippen LogP contribution in [0.25, 0.3) is 0 Å². The van der Waals surface area contributed by atoms with Gasteiger partial charge in [-0.3, -0.25) is 0 Å². The Balaban J connectivity index is 2.08. The first-order chi connectivity index (χ1) is 16.1. The second kappa shape index (κ2) is 11.5. The van der Waals surface area contributed by atoms with E-state index in [-0.39, 0.29) is 19.5 Å². The number of rotatable bonds is 9. The summed E-state index contributed by atoms with van der Waals surface area (Å²) >= 11 is 5.98. The van der Waals surface area contributed by atoms with Crippen LogP contribution >= 0.6 is 11.6 Å². The highest BCUT2D eigenvalue weighted by Gasteiger charge is 2.48. The molecule has 0 aromatic heterocycles. The number of amides is 1. The number of halogens is 4. The number of hydrogen-bond donors (Lipinski definition) is 1. The molecule has 1 N–H and O–H groups in total. The van der Waals surface area contributed by atoms with Gasteiger partial charge in [-0.05, 0) is 69.0 Å². The molecule has 2 aromatic rings. The van der Waals surface area contributed by atoms with Crippen molar-refractivity contribution in [3.63, 3.8) is 0 Å². The van der Waals surface area contributed by atoms with Gasteiger partial charge in [-0.25, -0.2) is 4.79 Å². The smallest absolute Gasteiger partial charge is 0.444 e. The van der Waals surface area contributed by atoms with E-state index in [9.17, 15) is 31.5 Å². The third-order valence-electron chi connectivity index (χ3n) is 4.56. The first-order valence-corrected chi connectivity index (χ1v) is 12.4. The van der Waals surface area contributed by atoms with Crippen molar-refractivity contribution in [2.24, 2.45) is 0 Å². The third kappa shape index (κ3) is 9.23.